The van der Waals surface area contributed by atoms with Crippen LogP contribution >= 0.6 is 0 Å². The van der Waals surface area contributed by atoms with E-state index in [0.29, 0.717) is 22.6 Å². The molecule has 0 heterocycles. The molecule has 0 amide bonds. The van der Waals surface area contributed by atoms with Gasteiger partial charge >= 0.3 is 0 Å². The van der Waals surface area contributed by atoms with Gasteiger partial charge in [-0.3, -0.25) is 4.79 Å². The molecule has 21 heavy (non-hydrogen) atoms. The summed E-state index contributed by atoms with van der Waals surface area (Å²) in [6, 6.07) is 11.3. The molecule has 0 saturated heterocycles. The molecule has 0 radical (unpaired) electrons. The van der Waals surface area contributed by atoms with Crippen LogP contribution in [-0.4, -0.2) is 20.0 Å². The number of ether oxygens (including phenoxy) is 2. The lowest BCUT2D eigenvalue weighted by atomic mass is 9.97. The van der Waals surface area contributed by atoms with Crippen molar-refractivity contribution in [1.29, 1.82) is 0 Å². The number of methoxy groups -OCH3 is 2. The predicted molar refractivity (Wildman–Crippen MR) is 83.5 cm³/mol. The zero-order valence-corrected chi connectivity index (χ0v) is 12.9. The summed E-state index contributed by atoms with van der Waals surface area (Å²) >= 11 is 0. The molecule has 0 aromatic heterocycles. The van der Waals surface area contributed by atoms with Gasteiger partial charge in [0.05, 0.1) is 14.2 Å². The van der Waals surface area contributed by atoms with Crippen molar-refractivity contribution < 1.29 is 14.3 Å². The maximum absolute atomic E-state index is 12.6. The van der Waals surface area contributed by atoms with Gasteiger partial charge in [0.1, 0.15) is 0 Å². The van der Waals surface area contributed by atoms with Crippen molar-refractivity contribution in [1.82, 2.24) is 0 Å². The topological polar surface area (TPSA) is 35.5 Å². The second kappa shape index (κ2) is 6.44. The molecule has 0 N–H and O–H groups in total. The monoisotopic (exact) mass is 284 g/mol. The van der Waals surface area contributed by atoms with Gasteiger partial charge < -0.3 is 9.47 Å². The van der Waals surface area contributed by atoms with Crippen LogP contribution in [0.15, 0.2) is 36.4 Å². The quantitative estimate of drug-likeness (QED) is 0.783. The van der Waals surface area contributed by atoms with Crippen LogP contribution < -0.4 is 9.47 Å². The minimum atomic E-state index is -0.00361. The third-order valence-electron chi connectivity index (χ3n) is 3.60. The summed E-state index contributed by atoms with van der Waals surface area (Å²) in [6.07, 6.45) is 0.962. The fourth-order valence-corrected chi connectivity index (χ4v) is 2.27. The summed E-state index contributed by atoms with van der Waals surface area (Å²) in [5.41, 5.74) is 3.41. The third-order valence-corrected chi connectivity index (χ3v) is 3.60. The number of ketones is 1. The number of carbonyl (C=O) groups is 1. The Morgan fingerprint density at radius 3 is 2.10 bits per heavy atom. The molecule has 0 atom stereocenters. The first-order valence-corrected chi connectivity index (χ1v) is 6.97. The summed E-state index contributed by atoms with van der Waals surface area (Å²) in [4.78, 5) is 12.6. The van der Waals surface area contributed by atoms with E-state index in [1.807, 2.05) is 37.3 Å². The molecule has 0 bridgehead atoms. The van der Waals surface area contributed by atoms with Crippen LogP contribution in [0.5, 0.6) is 11.5 Å². The molecule has 2 aromatic carbocycles. The van der Waals surface area contributed by atoms with Crippen LogP contribution in [0.2, 0.25) is 0 Å². The highest BCUT2D eigenvalue weighted by Crippen LogP contribution is 2.31. The standard InChI is InChI=1S/C18H20O3/c1-5-13-6-8-14(9-7-13)18(19)15-11-17(21-4)16(20-3)10-12(15)2/h6-11H,5H2,1-4H3. The summed E-state index contributed by atoms with van der Waals surface area (Å²) in [5, 5.41) is 0. The Labute approximate surface area is 125 Å². The Bertz CT molecular complexity index is 642. The lowest BCUT2D eigenvalue weighted by Crippen LogP contribution is -2.05. The summed E-state index contributed by atoms with van der Waals surface area (Å²) in [5.74, 6) is 1.20. The van der Waals surface area contributed by atoms with Crippen molar-refractivity contribution in [2.24, 2.45) is 0 Å². The molecule has 3 heteroatoms. The number of aryl methyl sites for hydroxylation is 2. The maximum Gasteiger partial charge on any atom is 0.193 e. The molecule has 3 nitrogen and oxygen atoms in total. The Balaban J connectivity index is 2.42. The number of hydrogen-bond acceptors (Lipinski definition) is 3. The molecule has 2 aromatic rings. The van der Waals surface area contributed by atoms with Gasteiger partial charge in [-0.15, -0.1) is 0 Å². The lowest BCUT2D eigenvalue weighted by Gasteiger charge is -2.12. The Kier molecular flexibility index (Phi) is 4.63. The molecule has 0 spiro atoms. The first kappa shape index (κ1) is 15.1. The first-order chi connectivity index (χ1) is 10.1. The van der Waals surface area contributed by atoms with Crippen molar-refractivity contribution in [2.75, 3.05) is 14.2 Å². The third kappa shape index (κ3) is 3.07. The van der Waals surface area contributed by atoms with Gasteiger partial charge in [-0.1, -0.05) is 31.2 Å². The fourth-order valence-electron chi connectivity index (χ4n) is 2.27. The Morgan fingerprint density at radius 2 is 1.57 bits per heavy atom. The average molecular weight is 284 g/mol. The molecule has 0 aliphatic heterocycles. The van der Waals surface area contributed by atoms with E-state index in [0.717, 1.165) is 12.0 Å². The Morgan fingerprint density at radius 1 is 1.00 bits per heavy atom. The highest BCUT2D eigenvalue weighted by atomic mass is 16.5. The van der Waals surface area contributed by atoms with Crippen LogP contribution in [0.3, 0.4) is 0 Å². The molecule has 0 fully saturated rings. The van der Waals surface area contributed by atoms with Crippen molar-refractivity contribution in [2.45, 2.75) is 20.3 Å². The molecular weight excluding hydrogens is 264 g/mol. The zero-order chi connectivity index (χ0) is 15.4. The van der Waals surface area contributed by atoms with Crippen molar-refractivity contribution in [3.8, 4) is 11.5 Å². The minimum Gasteiger partial charge on any atom is -0.493 e. The second-order valence-corrected chi connectivity index (χ2v) is 4.90. The van der Waals surface area contributed by atoms with E-state index in [2.05, 4.69) is 6.92 Å². The van der Waals surface area contributed by atoms with E-state index >= 15 is 0 Å². The van der Waals surface area contributed by atoms with Gasteiger partial charge in [-0.25, -0.2) is 0 Å². The van der Waals surface area contributed by atoms with Crippen LogP contribution in [0.25, 0.3) is 0 Å². The predicted octanol–water partition coefficient (Wildman–Crippen LogP) is 3.81. The van der Waals surface area contributed by atoms with Crippen LogP contribution in [-0.2, 0) is 6.42 Å². The molecule has 2 rings (SSSR count). The smallest absolute Gasteiger partial charge is 0.193 e. The van der Waals surface area contributed by atoms with E-state index in [1.165, 1.54) is 5.56 Å². The number of hydrogen-bond donors (Lipinski definition) is 0. The van der Waals surface area contributed by atoms with Crippen molar-refractivity contribution >= 4 is 5.78 Å². The zero-order valence-electron chi connectivity index (χ0n) is 12.9. The summed E-state index contributed by atoms with van der Waals surface area (Å²) in [6.45, 7) is 3.99. The molecule has 0 saturated carbocycles. The van der Waals surface area contributed by atoms with Crippen molar-refractivity contribution in [3.63, 3.8) is 0 Å². The van der Waals surface area contributed by atoms with E-state index < -0.39 is 0 Å². The molecule has 0 unspecified atom stereocenters. The van der Waals surface area contributed by atoms with Gasteiger partial charge in [-0.2, -0.15) is 0 Å². The van der Waals surface area contributed by atoms with Crippen molar-refractivity contribution in [3.05, 3.63) is 58.7 Å². The highest BCUT2D eigenvalue weighted by Gasteiger charge is 2.16. The van der Waals surface area contributed by atoms with Gasteiger partial charge in [0.25, 0.3) is 0 Å². The molecule has 110 valence electrons. The molecule has 0 aliphatic carbocycles. The van der Waals surface area contributed by atoms with Crippen LogP contribution in [0.1, 0.15) is 34.0 Å². The second-order valence-electron chi connectivity index (χ2n) is 4.90. The number of benzene rings is 2. The molecular formula is C18H20O3. The highest BCUT2D eigenvalue weighted by molar-refractivity contribution is 6.10. The van der Waals surface area contributed by atoms with Gasteiger partial charge in [0.2, 0.25) is 0 Å². The largest absolute Gasteiger partial charge is 0.493 e. The number of rotatable bonds is 5. The maximum atomic E-state index is 12.6. The average Bonchev–Trinajstić information content (AvgIpc) is 2.54. The summed E-state index contributed by atoms with van der Waals surface area (Å²) < 4.78 is 10.5. The van der Waals surface area contributed by atoms with E-state index in [-0.39, 0.29) is 5.78 Å². The Hall–Kier alpha value is -2.29. The minimum absolute atomic E-state index is 0.00361. The lowest BCUT2D eigenvalue weighted by molar-refractivity contribution is 0.103. The van der Waals surface area contributed by atoms with E-state index in [9.17, 15) is 4.79 Å². The van der Waals surface area contributed by atoms with Gasteiger partial charge in [-0.05, 0) is 36.6 Å². The first-order valence-electron chi connectivity index (χ1n) is 6.97. The fraction of sp³-hybridized carbons (Fsp3) is 0.278. The van der Waals surface area contributed by atoms with Crippen LogP contribution in [0.4, 0.5) is 0 Å². The van der Waals surface area contributed by atoms with Gasteiger partial charge in [0, 0.05) is 11.1 Å². The molecule has 0 aliphatic rings. The van der Waals surface area contributed by atoms with Gasteiger partial charge in [0.15, 0.2) is 17.3 Å². The van der Waals surface area contributed by atoms with Crippen LogP contribution in [0, 0.1) is 6.92 Å². The number of carbonyl (C=O) groups excluding carboxylic acids is 1. The van der Waals surface area contributed by atoms with E-state index in [1.54, 1.807) is 20.3 Å². The SMILES string of the molecule is CCc1ccc(C(=O)c2cc(OC)c(OC)cc2C)cc1. The summed E-state index contributed by atoms with van der Waals surface area (Å²) in [7, 11) is 3.15. The normalized spacial score (nSPS) is 10.3. The van der Waals surface area contributed by atoms with E-state index in [4.69, 9.17) is 9.47 Å².